The summed E-state index contributed by atoms with van der Waals surface area (Å²) in [6.45, 7) is 1.91. The van der Waals surface area contributed by atoms with E-state index in [0.29, 0.717) is 11.7 Å². The summed E-state index contributed by atoms with van der Waals surface area (Å²) in [5.74, 6) is 0.834. The lowest BCUT2D eigenvalue weighted by molar-refractivity contribution is 0.440. The van der Waals surface area contributed by atoms with E-state index in [4.69, 9.17) is 0 Å². The Morgan fingerprint density at radius 3 is 2.89 bits per heavy atom. The predicted octanol–water partition coefficient (Wildman–Crippen LogP) is -0.394. The Kier molecular flexibility index (Phi) is 2.75. The fraction of sp³-hybridized carbons (Fsp3) is 0.545. The molecule has 0 atom stereocenters. The Morgan fingerprint density at radius 2 is 2.17 bits per heavy atom. The van der Waals surface area contributed by atoms with Crippen LogP contribution in [0.3, 0.4) is 0 Å². The van der Waals surface area contributed by atoms with Gasteiger partial charge in [-0.1, -0.05) is 0 Å². The summed E-state index contributed by atoms with van der Waals surface area (Å²) in [7, 11) is 2.00. The van der Waals surface area contributed by atoms with Crippen LogP contribution in [0.1, 0.15) is 12.8 Å². The average Bonchev–Trinajstić information content (AvgIpc) is 2.80. The van der Waals surface area contributed by atoms with Crippen LogP contribution in [-0.2, 0) is 0 Å². The van der Waals surface area contributed by atoms with Gasteiger partial charge < -0.3 is 10.2 Å². The lowest BCUT2D eigenvalue weighted by Crippen LogP contribution is -2.41. The summed E-state index contributed by atoms with van der Waals surface area (Å²) < 4.78 is 1.31. The first-order valence-electron chi connectivity index (χ1n) is 6.14. The SMILES string of the molecule is CNC1CCN(c2ccc3n[nH]c(=O)n3n2)CC1. The molecule has 2 aromatic rings. The molecule has 3 heterocycles. The van der Waals surface area contributed by atoms with Crippen molar-refractivity contribution in [1.29, 1.82) is 0 Å². The normalized spacial score (nSPS) is 17.5. The third-order valence-electron chi connectivity index (χ3n) is 3.49. The van der Waals surface area contributed by atoms with E-state index in [2.05, 4.69) is 25.5 Å². The van der Waals surface area contributed by atoms with Crippen LogP contribution in [0.5, 0.6) is 0 Å². The van der Waals surface area contributed by atoms with Crippen LogP contribution in [0.4, 0.5) is 5.82 Å². The molecule has 0 aliphatic carbocycles. The summed E-state index contributed by atoms with van der Waals surface area (Å²) >= 11 is 0. The Bertz CT molecular complexity index is 595. The molecule has 1 aliphatic rings. The standard InChI is InChI=1S/C11H16N6O/c1-12-8-4-6-16(7-5-8)10-3-2-9-13-14-11(18)17(9)15-10/h2-3,8,12H,4-7H2,1H3,(H,14,18). The van der Waals surface area contributed by atoms with E-state index in [9.17, 15) is 4.79 Å². The molecule has 0 bridgehead atoms. The molecule has 2 aromatic heterocycles. The molecule has 0 spiro atoms. The van der Waals surface area contributed by atoms with Gasteiger partial charge in [-0.05, 0) is 32.0 Å². The number of rotatable bonds is 2. The second-order valence-electron chi connectivity index (χ2n) is 4.54. The number of nitrogens with one attached hydrogen (secondary N) is 2. The van der Waals surface area contributed by atoms with Gasteiger partial charge in [-0.2, -0.15) is 9.61 Å². The topological polar surface area (TPSA) is 78.3 Å². The van der Waals surface area contributed by atoms with Gasteiger partial charge in [0.1, 0.15) is 5.82 Å². The van der Waals surface area contributed by atoms with E-state index >= 15 is 0 Å². The van der Waals surface area contributed by atoms with Gasteiger partial charge in [0.05, 0.1) is 0 Å². The molecular formula is C11H16N6O. The highest BCUT2D eigenvalue weighted by Crippen LogP contribution is 2.17. The highest BCUT2D eigenvalue weighted by molar-refractivity contribution is 5.45. The van der Waals surface area contributed by atoms with Gasteiger partial charge in [-0.25, -0.2) is 9.89 Å². The summed E-state index contributed by atoms with van der Waals surface area (Å²) in [5.41, 5.74) is 0.255. The van der Waals surface area contributed by atoms with Crippen LogP contribution in [0.15, 0.2) is 16.9 Å². The first-order valence-corrected chi connectivity index (χ1v) is 6.14. The van der Waals surface area contributed by atoms with Gasteiger partial charge in [0, 0.05) is 19.1 Å². The molecular weight excluding hydrogens is 232 g/mol. The number of H-pyrrole nitrogens is 1. The molecule has 0 saturated carbocycles. The Morgan fingerprint density at radius 1 is 1.39 bits per heavy atom. The molecule has 18 heavy (non-hydrogen) atoms. The van der Waals surface area contributed by atoms with E-state index in [1.165, 1.54) is 4.52 Å². The number of aromatic amines is 1. The van der Waals surface area contributed by atoms with Gasteiger partial charge in [-0.15, -0.1) is 5.10 Å². The van der Waals surface area contributed by atoms with Crippen molar-refractivity contribution in [2.45, 2.75) is 18.9 Å². The maximum atomic E-state index is 11.5. The molecule has 1 fully saturated rings. The van der Waals surface area contributed by atoms with Crippen molar-refractivity contribution in [3.63, 3.8) is 0 Å². The molecule has 0 aromatic carbocycles. The first kappa shape index (κ1) is 11.2. The number of fused-ring (bicyclic) bond motifs is 1. The lowest BCUT2D eigenvalue weighted by atomic mass is 10.1. The molecule has 7 heteroatoms. The second-order valence-corrected chi connectivity index (χ2v) is 4.54. The molecule has 0 unspecified atom stereocenters. The van der Waals surface area contributed by atoms with Crippen LogP contribution >= 0.6 is 0 Å². The Hall–Kier alpha value is -1.89. The van der Waals surface area contributed by atoms with Gasteiger partial charge >= 0.3 is 5.69 Å². The predicted molar refractivity (Wildman–Crippen MR) is 67.9 cm³/mol. The van der Waals surface area contributed by atoms with Crippen molar-refractivity contribution in [3.05, 3.63) is 22.6 Å². The van der Waals surface area contributed by atoms with Crippen LogP contribution < -0.4 is 15.9 Å². The van der Waals surface area contributed by atoms with Gasteiger partial charge in [0.15, 0.2) is 5.65 Å². The average molecular weight is 248 g/mol. The van der Waals surface area contributed by atoms with E-state index in [0.717, 1.165) is 31.7 Å². The number of nitrogens with zero attached hydrogens (tertiary/aromatic N) is 4. The van der Waals surface area contributed by atoms with Crippen LogP contribution in [0.2, 0.25) is 0 Å². The molecule has 0 amide bonds. The summed E-state index contributed by atoms with van der Waals surface area (Å²) in [5, 5.41) is 13.9. The van der Waals surface area contributed by atoms with Crippen molar-refractivity contribution >= 4 is 11.5 Å². The minimum Gasteiger partial charge on any atom is -0.355 e. The largest absolute Gasteiger partial charge is 0.364 e. The van der Waals surface area contributed by atoms with Crippen LogP contribution in [-0.4, -0.2) is 46.0 Å². The number of hydrogen-bond acceptors (Lipinski definition) is 5. The molecule has 3 rings (SSSR count). The number of anilines is 1. The maximum absolute atomic E-state index is 11.5. The fourth-order valence-electron chi connectivity index (χ4n) is 2.36. The Labute approximate surface area is 104 Å². The van der Waals surface area contributed by atoms with Crippen molar-refractivity contribution < 1.29 is 0 Å². The summed E-state index contributed by atoms with van der Waals surface area (Å²) in [6.07, 6.45) is 2.19. The number of hydrogen-bond donors (Lipinski definition) is 2. The van der Waals surface area contributed by atoms with Crippen molar-refractivity contribution in [3.8, 4) is 0 Å². The summed E-state index contributed by atoms with van der Waals surface area (Å²) in [4.78, 5) is 13.7. The van der Waals surface area contributed by atoms with Crippen LogP contribution in [0, 0.1) is 0 Å². The van der Waals surface area contributed by atoms with Gasteiger partial charge in [0.2, 0.25) is 0 Å². The molecule has 1 aliphatic heterocycles. The van der Waals surface area contributed by atoms with Gasteiger partial charge in [-0.3, -0.25) is 0 Å². The van der Waals surface area contributed by atoms with Crippen molar-refractivity contribution in [2.75, 3.05) is 25.0 Å². The van der Waals surface area contributed by atoms with Crippen molar-refractivity contribution in [1.82, 2.24) is 25.1 Å². The fourth-order valence-corrected chi connectivity index (χ4v) is 2.36. The quantitative estimate of drug-likeness (QED) is 0.756. The minimum absolute atomic E-state index is 0.294. The highest BCUT2D eigenvalue weighted by Gasteiger charge is 2.19. The van der Waals surface area contributed by atoms with E-state index in [1.54, 1.807) is 0 Å². The van der Waals surface area contributed by atoms with Crippen LogP contribution in [0.25, 0.3) is 5.65 Å². The van der Waals surface area contributed by atoms with E-state index in [-0.39, 0.29) is 5.69 Å². The molecule has 7 nitrogen and oxygen atoms in total. The first-order chi connectivity index (χ1) is 8.78. The summed E-state index contributed by atoms with van der Waals surface area (Å²) in [6, 6.07) is 4.31. The zero-order valence-electron chi connectivity index (χ0n) is 10.3. The number of piperidine rings is 1. The molecule has 0 radical (unpaired) electrons. The third kappa shape index (κ3) is 1.86. The van der Waals surface area contributed by atoms with Crippen molar-refractivity contribution in [2.24, 2.45) is 0 Å². The smallest absolute Gasteiger partial charge is 0.355 e. The maximum Gasteiger partial charge on any atom is 0.364 e. The van der Waals surface area contributed by atoms with E-state index < -0.39 is 0 Å². The zero-order chi connectivity index (χ0) is 12.5. The number of aromatic nitrogens is 4. The molecule has 1 saturated heterocycles. The lowest BCUT2D eigenvalue weighted by Gasteiger charge is -2.32. The Balaban J connectivity index is 1.86. The van der Waals surface area contributed by atoms with E-state index in [1.807, 2.05) is 19.2 Å². The monoisotopic (exact) mass is 248 g/mol. The molecule has 96 valence electrons. The zero-order valence-corrected chi connectivity index (χ0v) is 10.3. The molecule has 2 N–H and O–H groups in total. The highest BCUT2D eigenvalue weighted by atomic mass is 16.2. The van der Waals surface area contributed by atoms with Gasteiger partial charge in [0.25, 0.3) is 0 Å². The third-order valence-corrected chi connectivity index (χ3v) is 3.49. The second kappa shape index (κ2) is 4.41. The minimum atomic E-state index is -0.294.